The lowest BCUT2D eigenvalue weighted by molar-refractivity contribution is -0.142. The second-order valence-corrected chi connectivity index (χ2v) is 13.5. The Labute approximate surface area is 281 Å². The van der Waals surface area contributed by atoms with E-state index >= 15 is 4.57 Å². The Morgan fingerprint density at radius 3 is 2.52 bits per heavy atom. The van der Waals surface area contributed by atoms with Crippen molar-refractivity contribution in [1.29, 1.82) is 0 Å². The van der Waals surface area contributed by atoms with Crippen molar-refractivity contribution in [3.8, 4) is 5.75 Å². The van der Waals surface area contributed by atoms with Crippen molar-refractivity contribution in [2.75, 3.05) is 14.2 Å². The van der Waals surface area contributed by atoms with Gasteiger partial charge in [-0.3, -0.25) is 19.6 Å². The molecule has 242 valence electrons. The fraction of sp³-hybridized carbons (Fsp3) is 0.114. The van der Waals surface area contributed by atoms with Crippen LogP contribution in [0.3, 0.4) is 0 Å². The van der Waals surface area contributed by atoms with E-state index in [1.807, 2.05) is 60.7 Å². The van der Waals surface area contributed by atoms with E-state index in [2.05, 4.69) is 20.4 Å². The molecule has 0 aliphatic rings. The van der Waals surface area contributed by atoms with E-state index < -0.39 is 19.7 Å². The van der Waals surface area contributed by atoms with E-state index in [-0.39, 0.29) is 11.7 Å². The molecule has 1 amide bonds. The quantitative estimate of drug-likeness (QED) is 0.111. The van der Waals surface area contributed by atoms with Crippen molar-refractivity contribution in [2.45, 2.75) is 22.8 Å². The van der Waals surface area contributed by atoms with Crippen LogP contribution in [0, 0.1) is 0 Å². The molecule has 0 bridgehead atoms. The minimum atomic E-state index is -4.27. The lowest BCUT2D eigenvalue weighted by atomic mass is 10.2. The van der Waals surface area contributed by atoms with Crippen molar-refractivity contribution < 1.29 is 23.4 Å². The van der Waals surface area contributed by atoms with Crippen LogP contribution in [0.1, 0.15) is 28.7 Å². The molecule has 0 saturated carbocycles. The van der Waals surface area contributed by atoms with Crippen LogP contribution in [-0.4, -0.2) is 51.6 Å². The number of hydrogen-bond acceptors (Lipinski definition) is 9. The SMILES string of the molecule is CNC(=O)c1ccccc1Sc1ccc2c(/C=C/c3ccccn3)nn(P(=O)(N[C@@H](C)C(=O)OC)Oc3cccc4ncccc34)c2c1. The van der Waals surface area contributed by atoms with Gasteiger partial charge in [0.15, 0.2) is 0 Å². The molecule has 0 saturated heterocycles. The number of carbonyl (C=O) groups excluding carboxylic acids is 2. The van der Waals surface area contributed by atoms with Crippen LogP contribution in [0.4, 0.5) is 0 Å². The second-order valence-electron chi connectivity index (χ2n) is 10.5. The Bertz CT molecular complexity index is 2200. The van der Waals surface area contributed by atoms with E-state index in [0.29, 0.717) is 38.8 Å². The molecule has 3 heterocycles. The van der Waals surface area contributed by atoms with Gasteiger partial charge in [0.05, 0.1) is 35.1 Å². The second kappa shape index (κ2) is 14.2. The van der Waals surface area contributed by atoms with Gasteiger partial charge in [0.2, 0.25) is 0 Å². The third-order valence-electron chi connectivity index (χ3n) is 7.34. The fourth-order valence-electron chi connectivity index (χ4n) is 5.02. The number of ether oxygens (including phenoxy) is 1. The average molecular weight is 679 g/mol. The van der Waals surface area contributed by atoms with E-state index in [0.717, 1.165) is 9.79 Å². The Hall–Kier alpha value is -5.29. The molecule has 1 unspecified atom stereocenters. The van der Waals surface area contributed by atoms with Gasteiger partial charge >= 0.3 is 13.6 Å². The van der Waals surface area contributed by atoms with Crippen LogP contribution in [0.2, 0.25) is 0 Å². The zero-order chi connectivity index (χ0) is 33.7. The molecule has 2 atom stereocenters. The van der Waals surface area contributed by atoms with Gasteiger partial charge in [0.25, 0.3) is 5.91 Å². The number of rotatable bonds is 11. The highest BCUT2D eigenvalue weighted by atomic mass is 32.2. The summed E-state index contributed by atoms with van der Waals surface area (Å²) < 4.78 is 27.9. The smallest absolute Gasteiger partial charge is 0.440 e. The standard InChI is InChI=1S/C35H31N6O5PS/c1-23(35(43)45-3)40-47(44,46-32-14-8-13-29-27(32)12-9-21-38-29)41-31-22-25(48-33-15-5-4-11-28(33)34(42)36-2)17-18-26(31)30(39-41)19-16-24-10-6-7-20-37-24/h4-23H,1-3H3,(H,36,42)(H,40,44)/b19-16+/t23-,47?/m0/s1. The summed E-state index contributed by atoms with van der Waals surface area (Å²) in [5.41, 5.74) is 2.82. The molecule has 0 aliphatic carbocycles. The molecule has 0 radical (unpaired) electrons. The number of esters is 1. The molecule has 2 N–H and O–H groups in total. The van der Waals surface area contributed by atoms with Gasteiger partial charge in [-0.1, -0.05) is 36.0 Å². The number of nitrogens with zero attached hydrogens (tertiary/aromatic N) is 4. The third-order valence-corrected chi connectivity index (χ3v) is 10.4. The van der Waals surface area contributed by atoms with E-state index in [1.165, 1.54) is 30.2 Å². The highest BCUT2D eigenvalue weighted by Gasteiger charge is 2.36. The number of carbonyl (C=O) groups is 2. The summed E-state index contributed by atoms with van der Waals surface area (Å²) in [7, 11) is -1.43. The fourth-order valence-corrected chi connectivity index (χ4v) is 7.92. The molecule has 0 spiro atoms. The van der Waals surface area contributed by atoms with Gasteiger partial charge in [-0.25, -0.2) is 9.65 Å². The van der Waals surface area contributed by atoms with Crippen LogP contribution >= 0.6 is 19.4 Å². The topological polar surface area (TPSA) is 137 Å². The molecule has 13 heteroatoms. The normalized spacial score (nSPS) is 13.3. The molecule has 11 nitrogen and oxygen atoms in total. The van der Waals surface area contributed by atoms with E-state index in [4.69, 9.17) is 14.4 Å². The summed E-state index contributed by atoms with van der Waals surface area (Å²) in [5, 5.41) is 11.7. The Morgan fingerprint density at radius 2 is 1.73 bits per heavy atom. The lowest BCUT2D eigenvalue weighted by Gasteiger charge is -2.24. The Kier molecular flexibility index (Phi) is 9.67. The summed E-state index contributed by atoms with van der Waals surface area (Å²) in [5.74, 6) is -0.561. The number of aromatic nitrogens is 4. The third kappa shape index (κ3) is 6.86. The van der Waals surface area contributed by atoms with Crippen molar-refractivity contribution in [2.24, 2.45) is 0 Å². The minimum absolute atomic E-state index is 0.213. The van der Waals surface area contributed by atoms with Gasteiger partial charge in [-0.15, -0.1) is 0 Å². The number of hydrogen-bond donors (Lipinski definition) is 2. The molecule has 0 fully saturated rings. The van der Waals surface area contributed by atoms with Crippen molar-refractivity contribution in [3.63, 3.8) is 0 Å². The van der Waals surface area contributed by atoms with Gasteiger partial charge in [0, 0.05) is 40.0 Å². The predicted molar refractivity (Wildman–Crippen MR) is 187 cm³/mol. The highest BCUT2D eigenvalue weighted by Crippen LogP contribution is 2.49. The molecule has 6 rings (SSSR count). The predicted octanol–water partition coefficient (Wildman–Crippen LogP) is 6.85. The first-order valence-electron chi connectivity index (χ1n) is 14.9. The molecule has 6 aromatic rings. The Morgan fingerprint density at radius 1 is 0.917 bits per heavy atom. The van der Waals surface area contributed by atoms with Crippen molar-refractivity contribution >= 4 is 65.3 Å². The van der Waals surface area contributed by atoms with Crippen molar-refractivity contribution in [3.05, 3.63) is 120 Å². The maximum absolute atomic E-state index is 15.3. The number of fused-ring (bicyclic) bond motifs is 2. The maximum atomic E-state index is 15.3. The molecule has 0 aliphatic heterocycles. The molecule has 3 aromatic heterocycles. The maximum Gasteiger partial charge on any atom is 0.440 e. The highest BCUT2D eigenvalue weighted by molar-refractivity contribution is 7.99. The number of pyridine rings is 2. The summed E-state index contributed by atoms with van der Waals surface area (Å²) >= 11 is 1.38. The van der Waals surface area contributed by atoms with Gasteiger partial charge in [0.1, 0.15) is 11.8 Å². The summed E-state index contributed by atoms with van der Waals surface area (Å²) in [6.07, 6.45) is 6.94. The largest absolute Gasteiger partial charge is 0.468 e. The summed E-state index contributed by atoms with van der Waals surface area (Å²) in [6, 6.07) is 26.2. The number of amides is 1. The van der Waals surface area contributed by atoms with E-state index in [1.54, 1.807) is 61.9 Å². The molecule has 48 heavy (non-hydrogen) atoms. The van der Waals surface area contributed by atoms with Crippen LogP contribution in [0.5, 0.6) is 5.75 Å². The van der Waals surface area contributed by atoms with Crippen LogP contribution in [0.25, 0.3) is 34.0 Å². The zero-order valence-electron chi connectivity index (χ0n) is 26.2. The monoisotopic (exact) mass is 678 g/mol. The van der Waals surface area contributed by atoms with Crippen LogP contribution in [0.15, 0.2) is 113 Å². The number of nitrogens with one attached hydrogen (secondary N) is 2. The first-order chi connectivity index (χ1) is 23.3. The first-order valence-corrected chi connectivity index (χ1v) is 17.3. The van der Waals surface area contributed by atoms with Crippen molar-refractivity contribution in [1.82, 2.24) is 29.9 Å². The van der Waals surface area contributed by atoms with E-state index in [9.17, 15) is 9.59 Å². The molecule has 3 aromatic carbocycles. The van der Waals surface area contributed by atoms with Crippen LogP contribution < -0.4 is 14.9 Å². The molecular weight excluding hydrogens is 647 g/mol. The number of benzene rings is 3. The molecular formula is C35H31N6O5PS. The minimum Gasteiger partial charge on any atom is -0.468 e. The summed E-state index contributed by atoms with van der Waals surface area (Å²) in [6.45, 7) is 1.54. The zero-order valence-corrected chi connectivity index (χ0v) is 27.9. The average Bonchev–Trinajstić information content (AvgIpc) is 3.49. The van der Waals surface area contributed by atoms with Gasteiger partial charge in [-0.2, -0.15) is 9.55 Å². The van der Waals surface area contributed by atoms with Gasteiger partial charge in [-0.05, 0) is 85.8 Å². The Balaban J connectivity index is 1.53. The van der Waals surface area contributed by atoms with Crippen LogP contribution in [-0.2, 0) is 14.1 Å². The first kappa shape index (κ1) is 32.6. The summed E-state index contributed by atoms with van der Waals surface area (Å²) in [4.78, 5) is 35.5. The van der Waals surface area contributed by atoms with Gasteiger partial charge < -0.3 is 14.6 Å². The lowest BCUT2D eigenvalue weighted by Crippen LogP contribution is -2.36. The number of methoxy groups -OCH3 is 1.